The molecule has 0 aliphatic heterocycles. The molecule has 0 unspecified atom stereocenters. The number of thiocarbonyl (C=S) groups is 1. The van der Waals surface area contributed by atoms with Crippen LogP contribution in [0.15, 0.2) is 0 Å². The SMILES string of the molecule is CC1CCC(NC(=O)C2(C)CCCC2)(C(N)=S)CC1. The maximum atomic E-state index is 12.6. The topological polar surface area (TPSA) is 55.1 Å². The molecule has 0 spiro atoms. The lowest BCUT2D eigenvalue weighted by atomic mass is 9.76. The predicted molar refractivity (Wildman–Crippen MR) is 81.9 cm³/mol. The second-order valence-corrected chi connectivity index (χ2v) is 7.29. The number of hydrogen-bond donors (Lipinski definition) is 2. The van der Waals surface area contributed by atoms with Crippen molar-refractivity contribution in [3.63, 3.8) is 0 Å². The van der Waals surface area contributed by atoms with Crippen molar-refractivity contribution in [1.29, 1.82) is 0 Å². The van der Waals surface area contributed by atoms with Crippen LogP contribution in [-0.4, -0.2) is 16.4 Å². The molecule has 0 aromatic carbocycles. The molecule has 3 nitrogen and oxygen atoms in total. The summed E-state index contributed by atoms with van der Waals surface area (Å²) in [6.45, 7) is 4.33. The summed E-state index contributed by atoms with van der Waals surface area (Å²) in [5.74, 6) is 0.869. The van der Waals surface area contributed by atoms with E-state index < -0.39 is 5.54 Å². The van der Waals surface area contributed by atoms with Gasteiger partial charge in [-0.05, 0) is 44.4 Å². The van der Waals surface area contributed by atoms with E-state index in [4.69, 9.17) is 18.0 Å². The quantitative estimate of drug-likeness (QED) is 0.783. The zero-order chi connectivity index (χ0) is 14.1. The summed E-state index contributed by atoms with van der Waals surface area (Å²) in [6, 6.07) is 0. The first kappa shape index (κ1) is 14.8. The molecule has 2 aliphatic carbocycles. The van der Waals surface area contributed by atoms with Gasteiger partial charge in [0.25, 0.3) is 0 Å². The van der Waals surface area contributed by atoms with E-state index in [0.29, 0.717) is 10.9 Å². The molecular formula is C15H26N2OS. The van der Waals surface area contributed by atoms with Crippen molar-refractivity contribution < 1.29 is 4.79 Å². The van der Waals surface area contributed by atoms with Crippen molar-refractivity contribution in [1.82, 2.24) is 5.32 Å². The van der Waals surface area contributed by atoms with E-state index in [1.165, 1.54) is 0 Å². The molecule has 0 aromatic heterocycles. The number of amides is 1. The molecule has 108 valence electrons. The van der Waals surface area contributed by atoms with E-state index >= 15 is 0 Å². The molecule has 0 radical (unpaired) electrons. The van der Waals surface area contributed by atoms with Crippen LogP contribution in [0.1, 0.15) is 65.2 Å². The summed E-state index contributed by atoms with van der Waals surface area (Å²) in [4.78, 5) is 13.1. The van der Waals surface area contributed by atoms with Gasteiger partial charge in [-0.2, -0.15) is 0 Å². The van der Waals surface area contributed by atoms with Crippen LogP contribution >= 0.6 is 12.2 Å². The second kappa shape index (κ2) is 5.39. The van der Waals surface area contributed by atoms with Crippen molar-refractivity contribution in [2.75, 3.05) is 0 Å². The van der Waals surface area contributed by atoms with Crippen LogP contribution in [-0.2, 0) is 4.79 Å². The zero-order valence-corrected chi connectivity index (χ0v) is 12.9. The average molecular weight is 282 g/mol. The normalized spacial score (nSPS) is 33.9. The lowest BCUT2D eigenvalue weighted by molar-refractivity contribution is -0.131. The van der Waals surface area contributed by atoms with Crippen LogP contribution in [0.25, 0.3) is 0 Å². The van der Waals surface area contributed by atoms with E-state index in [-0.39, 0.29) is 11.3 Å². The van der Waals surface area contributed by atoms with Crippen molar-refractivity contribution >= 4 is 23.1 Å². The van der Waals surface area contributed by atoms with Gasteiger partial charge < -0.3 is 11.1 Å². The van der Waals surface area contributed by atoms with Gasteiger partial charge in [0, 0.05) is 5.41 Å². The van der Waals surface area contributed by atoms with Crippen molar-refractivity contribution in [3.8, 4) is 0 Å². The molecule has 2 rings (SSSR count). The highest BCUT2D eigenvalue weighted by Crippen LogP contribution is 2.39. The van der Waals surface area contributed by atoms with E-state index in [9.17, 15) is 4.79 Å². The fourth-order valence-corrected chi connectivity index (χ4v) is 3.69. The Bertz CT molecular complexity index is 366. The van der Waals surface area contributed by atoms with Crippen LogP contribution in [0.5, 0.6) is 0 Å². The molecule has 2 saturated carbocycles. The highest BCUT2D eigenvalue weighted by molar-refractivity contribution is 7.80. The van der Waals surface area contributed by atoms with Gasteiger partial charge >= 0.3 is 0 Å². The minimum atomic E-state index is -0.426. The molecule has 3 N–H and O–H groups in total. The summed E-state index contributed by atoms with van der Waals surface area (Å²) in [7, 11) is 0. The third-order valence-electron chi connectivity index (χ3n) is 5.21. The van der Waals surface area contributed by atoms with Crippen LogP contribution in [0.2, 0.25) is 0 Å². The first-order chi connectivity index (χ1) is 8.88. The Morgan fingerprint density at radius 1 is 1.21 bits per heavy atom. The molecule has 2 fully saturated rings. The van der Waals surface area contributed by atoms with E-state index in [1.807, 2.05) is 0 Å². The van der Waals surface area contributed by atoms with Crippen molar-refractivity contribution in [3.05, 3.63) is 0 Å². The molecule has 0 bridgehead atoms. The monoisotopic (exact) mass is 282 g/mol. The van der Waals surface area contributed by atoms with Gasteiger partial charge in [0.2, 0.25) is 5.91 Å². The molecule has 1 amide bonds. The number of nitrogens with two attached hydrogens (primary N) is 1. The largest absolute Gasteiger partial charge is 0.391 e. The summed E-state index contributed by atoms with van der Waals surface area (Å²) < 4.78 is 0. The smallest absolute Gasteiger partial charge is 0.226 e. The maximum absolute atomic E-state index is 12.6. The summed E-state index contributed by atoms with van der Waals surface area (Å²) in [5.41, 5.74) is 5.32. The third kappa shape index (κ3) is 2.93. The highest BCUT2D eigenvalue weighted by Gasteiger charge is 2.43. The Morgan fingerprint density at radius 2 is 1.74 bits per heavy atom. The fraction of sp³-hybridized carbons (Fsp3) is 0.867. The van der Waals surface area contributed by atoms with E-state index in [2.05, 4.69) is 19.2 Å². The molecule has 0 heterocycles. The number of rotatable bonds is 3. The summed E-state index contributed by atoms with van der Waals surface area (Å²) in [6.07, 6.45) is 8.26. The Balaban J connectivity index is 2.09. The van der Waals surface area contributed by atoms with Crippen LogP contribution < -0.4 is 11.1 Å². The number of nitrogens with one attached hydrogen (secondary N) is 1. The summed E-state index contributed by atoms with van der Waals surface area (Å²) in [5, 5.41) is 3.23. The molecule has 0 aromatic rings. The second-order valence-electron chi connectivity index (χ2n) is 6.85. The van der Waals surface area contributed by atoms with Gasteiger partial charge in [-0.15, -0.1) is 0 Å². The lowest BCUT2D eigenvalue weighted by Crippen LogP contribution is -2.60. The highest BCUT2D eigenvalue weighted by atomic mass is 32.1. The Morgan fingerprint density at radius 3 is 2.21 bits per heavy atom. The molecule has 4 heteroatoms. The van der Waals surface area contributed by atoms with Gasteiger partial charge in [-0.3, -0.25) is 4.79 Å². The number of carbonyl (C=O) groups is 1. The van der Waals surface area contributed by atoms with Gasteiger partial charge in [-0.1, -0.05) is 38.9 Å². The molecule has 2 aliphatic rings. The standard InChI is InChI=1S/C15H26N2OS/c1-11-5-9-15(10-6-11,12(16)19)17-13(18)14(2)7-3-4-8-14/h11H,3-10H2,1-2H3,(H2,16,19)(H,17,18). The lowest BCUT2D eigenvalue weighted by Gasteiger charge is -2.41. The summed E-state index contributed by atoms with van der Waals surface area (Å²) >= 11 is 5.26. The minimum Gasteiger partial charge on any atom is -0.391 e. The minimum absolute atomic E-state index is 0.160. The van der Waals surface area contributed by atoms with Gasteiger partial charge in [0.05, 0.1) is 10.5 Å². The zero-order valence-electron chi connectivity index (χ0n) is 12.1. The van der Waals surface area contributed by atoms with Gasteiger partial charge in [0.1, 0.15) is 0 Å². The molecule has 19 heavy (non-hydrogen) atoms. The number of carbonyl (C=O) groups excluding carboxylic acids is 1. The average Bonchev–Trinajstić information content (AvgIpc) is 2.80. The number of hydrogen-bond acceptors (Lipinski definition) is 2. The molecule has 0 atom stereocenters. The predicted octanol–water partition coefficient (Wildman–Crippen LogP) is 2.92. The third-order valence-corrected chi connectivity index (χ3v) is 5.60. The van der Waals surface area contributed by atoms with Crippen LogP contribution in [0.3, 0.4) is 0 Å². The van der Waals surface area contributed by atoms with E-state index in [1.54, 1.807) is 0 Å². The Labute approximate surface area is 121 Å². The van der Waals surface area contributed by atoms with Crippen LogP contribution in [0, 0.1) is 11.3 Å². The van der Waals surface area contributed by atoms with Crippen LogP contribution in [0.4, 0.5) is 0 Å². The maximum Gasteiger partial charge on any atom is 0.226 e. The first-order valence-electron chi connectivity index (χ1n) is 7.50. The van der Waals surface area contributed by atoms with Crippen molar-refractivity contribution in [2.24, 2.45) is 17.1 Å². The van der Waals surface area contributed by atoms with Gasteiger partial charge in [-0.25, -0.2) is 0 Å². The van der Waals surface area contributed by atoms with E-state index in [0.717, 1.165) is 51.4 Å². The molecule has 0 saturated heterocycles. The first-order valence-corrected chi connectivity index (χ1v) is 7.91. The Hall–Kier alpha value is -0.640. The molecular weight excluding hydrogens is 256 g/mol. The fourth-order valence-electron chi connectivity index (χ4n) is 3.44. The van der Waals surface area contributed by atoms with Gasteiger partial charge in [0.15, 0.2) is 0 Å². The Kier molecular flexibility index (Phi) is 4.19. The van der Waals surface area contributed by atoms with Crippen molar-refractivity contribution in [2.45, 2.75) is 70.8 Å².